The molecule has 0 radical (unpaired) electrons. The number of nitrogens with zero attached hydrogens (tertiary/aromatic N) is 2. The van der Waals surface area contributed by atoms with Gasteiger partial charge in [0.2, 0.25) is 0 Å². The van der Waals surface area contributed by atoms with E-state index in [4.69, 9.17) is 0 Å². The third-order valence-corrected chi connectivity index (χ3v) is 8.18. The van der Waals surface area contributed by atoms with Crippen LogP contribution in [0.2, 0.25) is 0 Å². The van der Waals surface area contributed by atoms with Crippen LogP contribution in [0.25, 0.3) is 10.9 Å². The molecule has 2 aromatic carbocycles. The second-order valence-corrected chi connectivity index (χ2v) is 10.3. The topological polar surface area (TPSA) is 89.3 Å². The van der Waals surface area contributed by atoms with Gasteiger partial charge < -0.3 is 5.11 Å². The third-order valence-electron chi connectivity index (χ3n) is 4.97. The van der Waals surface area contributed by atoms with Crippen LogP contribution in [-0.4, -0.2) is 45.9 Å². The Morgan fingerprint density at radius 2 is 1.79 bits per heavy atom. The molecular weight excluding hydrogens is 396 g/mol. The summed E-state index contributed by atoms with van der Waals surface area (Å²) in [5, 5.41) is 10.6. The van der Waals surface area contributed by atoms with Crippen molar-refractivity contribution in [1.29, 1.82) is 0 Å². The molecule has 1 aromatic heterocycles. The molecule has 2 heterocycles. The van der Waals surface area contributed by atoms with Crippen LogP contribution in [0, 0.1) is 0 Å². The SMILES string of the molecule is C[C@H](c1ccccc1)n1c(S[C@H]2CS(=O)(=O)C[C@@H]2O)nc2ccccc2c1=O. The zero-order valence-electron chi connectivity index (χ0n) is 15.2. The predicted molar refractivity (Wildman–Crippen MR) is 111 cm³/mol. The van der Waals surface area contributed by atoms with Gasteiger partial charge in [-0.25, -0.2) is 13.4 Å². The number of thioether (sulfide) groups is 1. The first kappa shape index (κ1) is 19.2. The van der Waals surface area contributed by atoms with Crippen molar-refractivity contribution in [3.05, 3.63) is 70.5 Å². The lowest BCUT2D eigenvalue weighted by molar-refractivity contribution is 0.207. The largest absolute Gasteiger partial charge is 0.391 e. The molecule has 1 aliphatic rings. The molecule has 0 amide bonds. The minimum atomic E-state index is -3.29. The van der Waals surface area contributed by atoms with Gasteiger partial charge in [-0.1, -0.05) is 54.2 Å². The predicted octanol–water partition coefficient (Wildman–Crippen LogP) is 2.26. The summed E-state index contributed by atoms with van der Waals surface area (Å²) in [6.07, 6.45) is -0.973. The third kappa shape index (κ3) is 3.59. The van der Waals surface area contributed by atoms with Crippen LogP contribution in [0.15, 0.2) is 64.5 Å². The number of rotatable bonds is 4. The van der Waals surface area contributed by atoms with Crippen LogP contribution in [0.4, 0.5) is 0 Å². The molecule has 0 aliphatic carbocycles. The van der Waals surface area contributed by atoms with Gasteiger partial charge in [0.15, 0.2) is 15.0 Å². The fourth-order valence-corrected chi connectivity index (χ4v) is 7.13. The number of aromatic nitrogens is 2. The summed E-state index contributed by atoms with van der Waals surface area (Å²) in [4.78, 5) is 17.9. The Hall–Kier alpha value is -2.16. The molecule has 0 bridgehead atoms. The van der Waals surface area contributed by atoms with E-state index in [1.54, 1.807) is 22.8 Å². The van der Waals surface area contributed by atoms with Crippen molar-refractivity contribution in [2.75, 3.05) is 11.5 Å². The minimum absolute atomic E-state index is 0.124. The molecule has 1 N–H and O–H groups in total. The lowest BCUT2D eigenvalue weighted by Gasteiger charge is -2.22. The molecule has 1 fully saturated rings. The van der Waals surface area contributed by atoms with E-state index in [0.29, 0.717) is 16.1 Å². The molecule has 4 rings (SSSR count). The monoisotopic (exact) mass is 416 g/mol. The Morgan fingerprint density at radius 3 is 2.46 bits per heavy atom. The second kappa shape index (κ2) is 7.35. The number of fused-ring (bicyclic) bond motifs is 1. The van der Waals surface area contributed by atoms with Crippen molar-refractivity contribution in [1.82, 2.24) is 9.55 Å². The number of sulfone groups is 1. The lowest BCUT2D eigenvalue weighted by Crippen LogP contribution is -2.29. The average Bonchev–Trinajstić information content (AvgIpc) is 2.93. The van der Waals surface area contributed by atoms with Crippen LogP contribution in [0.5, 0.6) is 0 Å². The van der Waals surface area contributed by atoms with E-state index in [-0.39, 0.29) is 23.1 Å². The zero-order chi connectivity index (χ0) is 19.9. The van der Waals surface area contributed by atoms with Crippen molar-refractivity contribution in [2.45, 2.75) is 29.5 Å². The van der Waals surface area contributed by atoms with Gasteiger partial charge >= 0.3 is 0 Å². The first-order chi connectivity index (χ1) is 13.4. The smallest absolute Gasteiger partial charge is 0.262 e. The molecular formula is C20H20N2O4S2. The van der Waals surface area contributed by atoms with Gasteiger partial charge in [-0.05, 0) is 24.6 Å². The first-order valence-corrected chi connectivity index (χ1v) is 11.7. The summed E-state index contributed by atoms with van der Waals surface area (Å²) in [6, 6.07) is 16.4. The number of aliphatic hydroxyl groups is 1. The summed E-state index contributed by atoms with van der Waals surface area (Å²) < 4.78 is 25.4. The maximum Gasteiger partial charge on any atom is 0.262 e. The van der Waals surface area contributed by atoms with E-state index in [2.05, 4.69) is 4.98 Å². The zero-order valence-corrected chi connectivity index (χ0v) is 16.9. The van der Waals surface area contributed by atoms with Gasteiger partial charge in [0.25, 0.3) is 5.56 Å². The highest BCUT2D eigenvalue weighted by Gasteiger charge is 2.38. The highest BCUT2D eigenvalue weighted by molar-refractivity contribution is 8.01. The van der Waals surface area contributed by atoms with Crippen LogP contribution in [-0.2, 0) is 9.84 Å². The molecule has 1 aliphatic heterocycles. The quantitative estimate of drug-likeness (QED) is 0.656. The van der Waals surface area contributed by atoms with E-state index < -0.39 is 21.2 Å². The standard InChI is InChI=1S/C20H20N2O4S2/c1-13(14-7-3-2-4-8-14)22-19(24)15-9-5-6-10-16(15)21-20(22)27-18-12-28(25,26)11-17(18)23/h2-10,13,17-18,23H,11-12H2,1H3/t13-,17+,18+/m1/s1. The summed E-state index contributed by atoms with van der Waals surface area (Å²) >= 11 is 1.16. The number of hydrogen-bond acceptors (Lipinski definition) is 6. The van der Waals surface area contributed by atoms with Crippen LogP contribution in [0.3, 0.4) is 0 Å². The lowest BCUT2D eigenvalue weighted by atomic mass is 10.1. The van der Waals surface area contributed by atoms with Crippen LogP contribution < -0.4 is 5.56 Å². The molecule has 0 saturated carbocycles. The van der Waals surface area contributed by atoms with Gasteiger partial charge in [0.05, 0.1) is 39.8 Å². The highest BCUT2D eigenvalue weighted by atomic mass is 32.2. The fraction of sp³-hybridized carbons (Fsp3) is 0.300. The van der Waals surface area contributed by atoms with Gasteiger partial charge in [0, 0.05) is 0 Å². The number of hydrogen-bond donors (Lipinski definition) is 1. The molecule has 0 unspecified atom stereocenters. The number of aliphatic hydroxyl groups excluding tert-OH is 1. The molecule has 3 atom stereocenters. The van der Waals surface area contributed by atoms with Crippen molar-refractivity contribution in [3.63, 3.8) is 0 Å². The van der Waals surface area contributed by atoms with Crippen LogP contribution in [0.1, 0.15) is 18.5 Å². The van der Waals surface area contributed by atoms with Crippen molar-refractivity contribution in [3.8, 4) is 0 Å². The van der Waals surface area contributed by atoms with E-state index >= 15 is 0 Å². The van der Waals surface area contributed by atoms with Crippen molar-refractivity contribution in [2.24, 2.45) is 0 Å². The minimum Gasteiger partial charge on any atom is -0.391 e. The maximum absolute atomic E-state index is 13.3. The van der Waals surface area contributed by atoms with Gasteiger partial charge in [-0.2, -0.15) is 0 Å². The number of para-hydroxylation sites is 1. The molecule has 0 spiro atoms. The van der Waals surface area contributed by atoms with Gasteiger partial charge in [-0.3, -0.25) is 9.36 Å². The Kier molecular flexibility index (Phi) is 5.03. The van der Waals surface area contributed by atoms with E-state index in [9.17, 15) is 18.3 Å². The summed E-state index contributed by atoms with van der Waals surface area (Å²) in [6.45, 7) is 1.92. The van der Waals surface area contributed by atoms with Crippen LogP contribution >= 0.6 is 11.8 Å². The average molecular weight is 417 g/mol. The molecule has 6 nitrogen and oxygen atoms in total. The normalized spacial score (nSPS) is 22.4. The molecule has 1 saturated heterocycles. The Morgan fingerprint density at radius 1 is 1.11 bits per heavy atom. The molecule has 3 aromatic rings. The van der Waals surface area contributed by atoms with Gasteiger partial charge in [-0.15, -0.1) is 0 Å². The molecule has 146 valence electrons. The van der Waals surface area contributed by atoms with E-state index in [0.717, 1.165) is 17.3 Å². The summed E-state index contributed by atoms with van der Waals surface area (Å²) in [7, 11) is -3.29. The maximum atomic E-state index is 13.3. The Balaban J connectivity index is 1.85. The Labute approximate surface area is 167 Å². The van der Waals surface area contributed by atoms with Crippen molar-refractivity contribution < 1.29 is 13.5 Å². The number of benzene rings is 2. The second-order valence-electron chi connectivity index (χ2n) is 6.97. The van der Waals surface area contributed by atoms with Crippen molar-refractivity contribution >= 4 is 32.5 Å². The Bertz CT molecular complexity index is 1180. The molecule has 8 heteroatoms. The summed E-state index contributed by atoms with van der Waals surface area (Å²) in [5.74, 6) is -0.377. The highest BCUT2D eigenvalue weighted by Crippen LogP contribution is 2.32. The fourth-order valence-electron chi connectivity index (χ4n) is 3.48. The van der Waals surface area contributed by atoms with Gasteiger partial charge in [0.1, 0.15) is 0 Å². The van der Waals surface area contributed by atoms with E-state index in [1.807, 2.05) is 43.3 Å². The first-order valence-electron chi connectivity index (χ1n) is 8.97. The molecule has 28 heavy (non-hydrogen) atoms. The summed E-state index contributed by atoms with van der Waals surface area (Å²) in [5.41, 5.74) is 1.32. The van der Waals surface area contributed by atoms with E-state index in [1.165, 1.54) is 0 Å².